The predicted molar refractivity (Wildman–Crippen MR) is 110 cm³/mol. The van der Waals surface area contributed by atoms with Crippen LogP contribution in [0.5, 0.6) is 0 Å². The van der Waals surface area contributed by atoms with E-state index in [4.69, 9.17) is 23.2 Å². The summed E-state index contributed by atoms with van der Waals surface area (Å²) in [6.45, 7) is 8.17. The van der Waals surface area contributed by atoms with Gasteiger partial charge in [-0.25, -0.2) is 4.68 Å². The molecule has 2 rings (SSSR count). The molecule has 0 fully saturated rings. The fraction of sp³-hybridized carbons (Fsp3) is 0.450. The van der Waals surface area contributed by atoms with E-state index in [1.165, 1.54) is 4.68 Å². The van der Waals surface area contributed by atoms with Gasteiger partial charge in [0.2, 0.25) is 11.8 Å². The van der Waals surface area contributed by atoms with Crippen molar-refractivity contribution < 1.29 is 9.59 Å². The van der Waals surface area contributed by atoms with Crippen LogP contribution in [0.15, 0.2) is 18.2 Å². The van der Waals surface area contributed by atoms with Gasteiger partial charge in [0.05, 0.1) is 16.4 Å². The smallest absolute Gasteiger partial charge is 0.247 e. The number of rotatable bonds is 7. The van der Waals surface area contributed by atoms with Gasteiger partial charge in [-0.1, -0.05) is 37.0 Å². The molecule has 0 radical (unpaired) electrons. The highest BCUT2D eigenvalue weighted by molar-refractivity contribution is 6.36. The van der Waals surface area contributed by atoms with Crippen molar-refractivity contribution in [2.24, 2.45) is 5.92 Å². The first kappa shape index (κ1) is 21.5. The van der Waals surface area contributed by atoms with Crippen LogP contribution in [0.3, 0.4) is 0 Å². The van der Waals surface area contributed by atoms with Gasteiger partial charge in [-0.05, 0) is 56.4 Å². The summed E-state index contributed by atoms with van der Waals surface area (Å²) in [6.07, 6.45) is 2.07. The second-order valence-electron chi connectivity index (χ2n) is 7.06. The summed E-state index contributed by atoms with van der Waals surface area (Å²) in [5, 5.41) is 7.92. The molecule has 27 heavy (non-hydrogen) atoms. The second kappa shape index (κ2) is 9.38. The maximum absolute atomic E-state index is 12.5. The Kier molecular flexibility index (Phi) is 7.45. The average Bonchev–Trinajstić information content (AvgIpc) is 2.87. The summed E-state index contributed by atoms with van der Waals surface area (Å²) in [4.78, 5) is 24.6. The highest BCUT2D eigenvalue weighted by Gasteiger charge is 2.18. The summed E-state index contributed by atoms with van der Waals surface area (Å²) in [7, 11) is 0. The highest BCUT2D eigenvalue weighted by Crippen LogP contribution is 2.25. The van der Waals surface area contributed by atoms with E-state index in [1.54, 1.807) is 18.2 Å². The molecule has 5 nitrogen and oxygen atoms in total. The van der Waals surface area contributed by atoms with E-state index < -0.39 is 0 Å². The number of aryl methyl sites for hydroxylation is 1. The Morgan fingerprint density at radius 1 is 1.19 bits per heavy atom. The quantitative estimate of drug-likeness (QED) is 0.660. The van der Waals surface area contributed by atoms with Gasteiger partial charge in [-0.2, -0.15) is 5.10 Å². The molecule has 0 spiro atoms. The van der Waals surface area contributed by atoms with Crippen molar-refractivity contribution in [1.29, 1.82) is 0 Å². The zero-order valence-electron chi connectivity index (χ0n) is 16.1. The van der Waals surface area contributed by atoms with E-state index in [9.17, 15) is 9.59 Å². The number of carbonyl (C=O) groups is 2. The number of nitrogens with zero attached hydrogens (tertiary/aromatic N) is 2. The van der Waals surface area contributed by atoms with Crippen molar-refractivity contribution in [3.63, 3.8) is 0 Å². The van der Waals surface area contributed by atoms with Gasteiger partial charge in [0.15, 0.2) is 0 Å². The van der Waals surface area contributed by atoms with E-state index in [-0.39, 0.29) is 24.7 Å². The molecule has 0 atom stereocenters. The Morgan fingerprint density at radius 2 is 1.89 bits per heavy atom. The van der Waals surface area contributed by atoms with Gasteiger partial charge in [0.25, 0.3) is 0 Å². The average molecular weight is 410 g/mol. The molecule has 7 heteroatoms. The van der Waals surface area contributed by atoms with Crippen molar-refractivity contribution in [3.8, 4) is 0 Å². The number of carbonyl (C=O) groups excluding carboxylic acids is 2. The van der Waals surface area contributed by atoms with Crippen LogP contribution >= 0.6 is 23.2 Å². The molecule has 1 heterocycles. The van der Waals surface area contributed by atoms with Crippen LogP contribution in [0, 0.1) is 19.8 Å². The molecule has 0 aliphatic carbocycles. The lowest BCUT2D eigenvalue weighted by Gasteiger charge is -2.08. The van der Waals surface area contributed by atoms with Crippen LogP contribution in [0.25, 0.3) is 0 Å². The maximum Gasteiger partial charge on any atom is 0.247 e. The first-order valence-corrected chi connectivity index (χ1v) is 9.77. The lowest BCUT2D eigenvalue weighted by molar-refractivity contribution is -0.116. The van der Waals surface area contributed by atoms with Crippen LogP contribution in [0.1, 0.15) is 54.9 Å². The van der Waals surface area contributed by atoms with E-state index in [1.807, 2.05) is 13.8 Å². The largest absolute Gasteiger partial charge is 0.325 e. The molecule has 0 unspecified atom stereocenters. The fourth-order valence-corrected chi connectivity index (χ4v) is 3.30. The van der Waals surface area contributed by atoms with Gasteiger partial charge in [0, 0.05) is 23.6 Å². The van der Waals surface area contributed by atoms with E-state index in [0.717, 1.165) is 29.8 Å². The number of hydrogen-bond donors (Lipinski definition) is 1. The molecule has 1 aromatic heterocycles. The molecule has 0 saturated heterocycles. The summed E-state index contributed by atoms with van der Waals surface area (Å²) >= 11 is 11.9. The third kappa shape index (κ3) is 5.81. The minimum absolute atomic E-state index is 0.0530. The standard InChI is InChI=1S/C20H25Cl2N3O2/c1-12(2)5-7-16-13(3)24-25(14(16)4)20(27)10-9-19(26)23-18-8-6-15(21)11-17(18)22/h6,8,11-12H,5,7,9-10H2,1-4H3,(H,23,26). The molecule has 0 bridgehead atoms. The SMILES string of the molecule is Cc1nn(C(=O)CCC(=O)Nc2ccc(Cl)cc2Cl)c(C)c1CCC(C)C. The molecule has 0 aliphatic rings. The number of anilines is 1. The normalized spacial score (nSPS) is 11.1. The van der Waals surface area contributed by atoms with Crippen LogP contribution in [0.4, 0.5) is 5.69 Å². The molecule has 1 aromatic carbocycles. The number of halogens is 2. The first-order chi connectivity index (χ1) is 12.7. The molecule has 0 saturated carbocycles. The molecule has 1 N–H and O–H groups in total. The van der Waals surface area contributed by atoms with Crippen molar-refractivity contribution in [3.05, 3.63) is 45.2 Å². The van der Waals surface area contributed by atoms with Crippen molar-refractivity contribution in [2.75, 3.05) is 5.32 Å². The third-order valence-electron chi connectivity index (χ3n) is 4.42. The van der Waals surface area contributed by atoms with Crippen molar-refractivity contribution in [1.82, 2.24) is 9.78 Å². The zero-order chi connectivity index (χ0) is 20.1. The molecule has 2 aromatic rings. The maximum atomic E-state index is 12.5. The monoisotopic (exact) mass is 409 g/mol. The number of hydrogen-bond acceptors (Lipinski definition) is 3. The molecule has 146 valence electrons. The lowest BCUT2D eigenvalue weighted by atomic mass is 10.0. The van der Waals surface area contributed by atoms with Gasteiger partial charge in [-0.3, -0.25) is 9.59 Å². The number of nitrogens with one attached hydrogen (secondary N) is 1. The molecule has 0 aliphatic heterocycles. The second-order valence-corrected chi connectivity index (χ2v) is 7.90. The van der Waals surface area contributed by atoms with Gasteiger partial charge >= 0.3 is 0 Å². The Labute approximate surface area is 170 Å². The Balaban J connectivity index is 1.97. The Morgan fingerprint density at radius 3 is 2.52 bits per heavy atom. The summed E-state index contributed by atoms with van der Waals surface area (Å²) in [5.41, 5.74) is 3.33. The predicted octanol–water partition coefficient (Wildman–Crippen LogP) is 5.45. The number of benzene rings is 1. The topological polar surface area (TPSA) is 64.0 Å². The van der Waals surface area contributed by atoms with Crippen molar-refractivity contribution >= 4 is 40.7 Å². The van der Waals surface area contributed by atoms with Crippen LogP contribution in [-0.2, 0) is 11.2 Å². The number of amides is 1. The van der Waals surface area contributed by atoms with Crippen molar-refractivity contribution in [2.45, 2.75) is 53.4 Å². The summed E-state index contributed by atoms with van der Waals surface area (Å²) < 4.78 is 1.42. The lowest BCUT2D eigenvalue weighted by Crippen LogP contribution is -2.18. The third-order valence-corrected chi connectivity index (χ3v) is 4.97. The van der Waals surface area contributed by atoms with E-state index in [2.05, 4.69) is 24.3 Å². The molecule has 1 amide bonds. The molecular formula is C20H25Cl2N3O2. The summed E-state index contributed by atoms with van der Waals surface area (Å²) in [6, 6.07) is 4.83. The first-order valence-electron chi connectivity index (χ1n) is 9.02. The fourth-order valence-electron chi connectivity index (χ4n) is 2.84. The van der Waals surface area contributed by atoms with Gasteiger partial charge < -0.3 is 5.32 Å². The van der Waals surface area contributed by atoms with Gasteiger partial charge in [0.1, 0.15) is 0 Å². The van der Waals surface area contributed by atoms with Crippen LogP contribution < -0.4 is 5.32 Å². The molecular weight excluding hydrogens is 385 g/mol. The summed E-state index contributed by atoms with van der Waals surface area (Å²) in [5.74, 6) is 0.115. The zero-order valence-corrected chi connectivity index (χ0v) is 17.6. The van der Waals surface area contributed by atoms with E-state index in [0.29, 0.717) is 21.7 Å². The Bertz CT molecular complexity index is 844. The minimum Gasteiger partial charge on any atom is -0.325 e. The Hall–Kier alpha value is -1.85. The highest BCUT2D eigenvalue weighted by atomic mass is 35.5. The number of aromatic nitrogens is 2. The van der Waals surface area contributed by atoms with E-state index >= 15 is 0 Å². The van der Waals surface area contributed by atoms with Crippen LogP contribution in [0.2, 0.25) is 10.0 Å². The minimum atomic E-state index is -0.283. The van der Waals surface area contributed by atoms with Crippen LogP contribution in [-0.4, -0.2) is 21.6 Å². The van der Waals surface area contributed by atoms with Gasteiger partial charge in [-0.15, -0.1) is 0 Å².